The number of rotatable bonds is 5. The number of hydrazine groups is 1. The lowest BCUT2D eigenvalue weighted by atomic mass is 10.0. The molecular formula is C16H24Cl2N4O. The molecule has 3 rings (SSSR count). The standard InChI is InChI=1S/C16H23ClN4O.ClH/c17-13-3-1-12(2-4-13)14-9-15(21-20-14)16(22)19-8-6-11-5-7-18-10-11;/h1-4,11,14-15,18,20-21H,5-10H2,(H,19,22);1H. The summed E-state index contributed by atoms with van der Waals surface area (Å²) in [5.74, 6) is 0.784. The van der Waals surface area contributed by atoms with Gasteiger partial charge in [0, 0.05) is 17.6 Å². The molecule has 3 unspecified atom stereocenters. The van der Waals surface area contributed by atoms with Crippen LogP contribution in [0.25, 0.3) is 0 Å². The van der Waals surface area contributed by atoms with Crippen molar-refractivity contribution < 1.29 is 4.79 Å². The lowest BCUT2D eigenvalue weighted by Gasteiger charge is -2.12. The Labute approximate surface area is 148 Å². The second kappa shape index (κ2) is 8.85. The molecule has 5 nitrogen and oxygen atoms in total. The van der Waals surface area contributed by atoms with Gasteiger partial charge in [-0.05, 0) is 56.0 Å². The first-order valence-electron chi connectivity index (χ1n) is 7.97. The Morgan fingerprint density at radius 2 is 2.04 bits per heavy atom. The minimum atomic E-state index is -0.178. The summed E-state index contributed by atoms with van der Waals surface area (Å²) >= 11 is 5.90. The van der Waals surface area contributed by atoms with Crippen LogP contribution in [0.4, 0.5) is 0 Å². The zero-order valence-electron chi connectivity index (χ0n) is 13.0. The molecule has 0 saturated carbocycles. The van der Waals surface area contributed by atoms with Crippen molar-refractivity contribution in [2.24, 2.45) is 5.92 Å². The number of amides is 1. The Bertz CT molecular complexity index is 505. The molecule has 0 aliphatic carbocycles. The number of benzene rings is 1. The quantitative estimate of drug-likeness (QED) is 0.647. The Balaban J connectivity index is 0.00000192. The Hall–Kier alpha value is -0.850. The first-order chi connectivity index (χ1) is 10.7. The molecule has 0 radical (unpaired) electrons. The Morgan fingerprint density at radius 1 is 1.26 bits per heavy atom. The third-order valence-corrected chi connectivity index (χ3v) is 4.76. The SMILES string of the molecule is Cl.O=C(NCCC1CCNC1)C1CC(c2ccc(Cl)cc2)NN1. The predicted molar refractivity (Wildman–Crippen MR) is 94.7 cm³/mol. The second-order valence-corrected chi connectivity index (χ2v) is 6.56. The summed E-state index contributed by atoms with van der Waals surface area (Å²) in [6.07, 6.45) is 3.02. The van der Waals surface area contributed by atoms with Gasteiger partial charge in [0.05, 0.1) is 0 Å². The highest BCUT2D eigenvalue weighted by Gasteiger charge is 2.30. The van der Waals surface area contributed by atoms with Gasteiger partial charge in [-0.1, -0.05) is 23.7 Å². The van der Waals surface area contributed by atoms with Gasteiger partial charge < -0.3 is 10.6 Å². The first kappa shape index (κ1) is 18.5. The first-order valence-corrected chi connectivity index (χ1v) is 8.35. The van der Waals surface area contributed by atoms with Crippen LogP contribution < -0.4 is 21.5 Å². The molecule has 3 atom stereocenters. The lowest BCUT2D eigenvalue weighted by Crippen LogP contribution is -2.43. The van der Waals surface area contributed by atoms with Crippen LogP contribution in [0.15, 0.2) is 24.3 Å². The van der Waals surface area contributed by atoms with Gasteiger partial charge in [0.1, 0.15) is 6.04 Å². The largest absolute Gasteiger partial charge is 0.355 e. The van der Waals surface area contributed by atoms with Gasteiger partial charge in [0.25, 0.3) is 0 Å². The van der Waals surface area contributed by atoms with Crippen molar-refractivity contribution in [3.8, 4) is 0 Å². The molecule has 4 N–H and O–H groups in total. The van der Waals surface area contributed by atoms with Crippen LogP contribution in [0, 0.1) is 5.92 Å². The average Bonchev–Trinajstić information content (AvgIpc) is 3.19. The lowest BCUT2D eigenvalue weighted by molar-refractivity contribution is -0.122. The molecule has 1 aromatic rings. The van der Waals surface area contributed by atoms with Crippen molar-refractivity contribution >= 4 is 29.9 Å². The summed E-state index contributed by atoms with van der Waals surface area (Å²) in [5, 5.41) is 7.12. The van der Waals surface area contributed by atoms with E-state index in [1.807, 2.05) is 24.3 Å². The normalized spacial score (nSPS) is 26.7. The van der Waals surface area contributed by atoms with Crippen LogP contribution in [0.3, 0.4) is 0 Å². The highest BCUT2D eigenvalue weighted by molar-refractivity contribution is 6.30. The maximum absolute atomic E-state index is 12.2. The fourth-order valence-electron chi connectivity index (χ4n) is 3.13. The molecular weight excluding hydrogens is 335 g/mol. The fraction of sp³-hybridized carbons (Fsp3) is 0.562. The van der Waals surface area contributed by atoms with Gasteiger partial charge in [0.15, 0.2) is 0 Å². The number of nitrogens with one attached hydrogen (secondary N) is 4. The molecule has 2 aliphatic rings. The van der Waals surface area contributed by atoms with Gasteiger partial charge in [-0.2, -0.15) is 0 Å². The third kappa shape index (κ3) is 5.06. The van der Waals surface area contributed by atoms with Crippen molar-refractivity contribution in [3.05, 3.63) is 34.9 Å². The van der Waals surface area contributed by atoms with Crippen molar-refractivity contribution in [2.75, 3.05) is 19.6 Å². The summed E-state index contributed by atoms with van der Waals surface area (Å²) < 4.78 is 0. The minimum absolute atomic E-state index is 0. The summed E-state index contributed by atoms with van der Waals surface area (Å²) in [7, 11) is 0. The number of carbonyl (C=O) groups excluding carboxylic acids is 1. The molecule has 2 fully saturated rings. The molecule has 23 heavy (non-hydrogen) atoms. The maximum atomic E-state index is 12.2. The van der Waals surface area contributed by atoms with Crippen LogP contribution in [0.2, 0.25) is 5.02 Å². The Kier molecular flexibility index (Phi) is 7.11. The van der Waals surface area contributed by atoms with E-state index in [-0.39, 0.29) is 30.4 Å². The van der Waals surface area contributed by atoms with E-state index in [2.05, 4.69) is 21.5 Å². The van der Waals surface area contributed by atoms with E-state index in [1.165, 1.54) is 6.42 Å². The third-order valence-electron chi connectivity index (χ3n) is 4.51. The molecule has 1 amide bonds. The number of carbonyl (C=O) groups is 1. The number of halogens is 2. The summed E-state index contributed by atoms with van der Waals surface area (Å²) in [4.78, 5) is 12.2. The van der Waals surface area contributed by atoms with E-state index in [1.54, 1.807) is 0 Å². The molecule has 0 spiro atoms. The van der Waals surface area contributed by atoms with Gasteiger partial charge in [-0.15, -0.1) is 12.4 Å². The number of hydrogen-bond donors (Lipinski definition) is 4. The van der Waals surface area contributed by atoms with Gasteiger partial charge >= 0.3 is 0 Å². The van der Waals surface area contributed by atoms with Crippen molar-refractivity contribution in [1.29, 1.82) is 0 Å². The molecule has 2 saturated heterocycles. The summed E-state index contributed by atoms with van der Waals surface area (Å²) in [6.45, 7) is 2.95. The highest BCUT2D eigenvalue weighted by atomic mass is 35.5. The Morgan fingerprint density at radius 3 is 2.74 bits per heavy atom. The highest BCUT2D eigenvalue weighted by Crippen LogP contribution is 2.23. The molecule has 7 heteroatoms. The van der Waals surface area contributed by atoms with E-state index in [9.17, 15) is 4.79 Å². The van der Waals surface area contributed by atoms with E-state index in [0.29, 0.717) is 5.92 Å². The monoisotopic (exact) mass is 358 g/mol. The van der Waals surface area contributed by atoms with E-state index >= 15 is 0 Å². The molecule has 128 valence electrons. The fourth-order valence-corrected chi connectivity index (χ4v) is 3.25. The van der Waals surface area contributed by atoms with Crippen LogP contribution in [0.1, 0.15) is 30.9 Å². The van der Waals surface area contributed by atoms with Gasteiger partial charge in [-0.25, -0.2) is 10.9 Å². The minimum Gasteiger partial charge on any atom is -0.355 e. The van der Waals surface area contributed by atoms with Crippen molar-refractivity contribution in [1.82, 2.24) is 21.5 Å². The summed E-state index contributed by atoms with van der Waals surface area (Å²) in [5.41, 5.74) is 7.42. The van der Waals surface area contributed by atoms with Crippen LogP contribution in [-0.2, 0) is 4.79 Å². The summed E-state index contributed by atoms with van der Waals surface area (Å²) in [6, 6.07) is 7.71. The van der Waals surface area contributed by atoms with Gasteiger partial charge in [-0.3, -0.25) is 4.79 Å². The van der Waals surface area contributed by atoms with Crippen molar-refractivity contribution in [3.63, 3.8) is 0 Å². The second-order valence-electron chi connectivity index (χ2n) is 6.12. The predicted octanol–water partition coefficient (Wildman–Crippen LogP) is 1.79. The molecule has 0 bridgehead atoms. The average molecular weight is 359 g/mol. The number of hydrogen-bond acceptors (Lipinski definition) is 4. The zero-order valence-corrected chi connectivity index (χ0v) is 14.6. The zero-order chi connectivity index (χ0) is 15.4. The van der Waals surface area contributed by atoms with Crippen LogP contribution in [0.5, 0.6) is 0 Å². The molecule has 0 aromatic heterocycles. The van der Waals surface area contributed by atoms with E-state index < -0.39 is 0 Å². The van der Waals surface area contributed by atoms with E-state index in [0.717, 1.165) is 43.1 Å². The van der Waals surface area contributed by atoms with Crippen molar-refractivity contribution in [2.45, 2.75) is 31.3 Å². The molecule has 1 aromatic carbocycles. The smallest absolute Gasteiger partial charge is 0.238 e. The van der Waals surface area contributed by atoms with Gasteiger partial charge in [0.2, 0.25) is 5.91 Å². The molecule has 2 heterocycles. The van der Waals surface area contributed by atoms with Crippen LogP contribution in [-0.4, -0.2) is 31.6 Å². The van der Waals surface area contributed by atoms with E-state index in [4.69, 9.17) is 11.6 Å². The maximum Gasteiger partial charge on any atom is 0.238 e. The molecule has 2 aliphatic heterocycles. The topological polar surface area (TPSA) is 65.2 Å². The van der Waals surface area contributed by atoms with Crippen LogP contribution >= 0.6 is 24.0 Å².